The van der Waals surface area contributed by atoms with E-state index in [-0.39, 0.29) is 12.0 Å². The Bertz CT molecular complexity index is 304. The van der Waals surface area contributed by atoms with Crippen LogP contribution in [0, 0.1) is 17.1 Å². The van der Waals surface area contributed by atoms with Crippen LogP contribution in [-0.4, -0.2) is 0 Å². The molecule has 62 valence electrons. The van der Waals surface area contributed by atoms with Gasteiger partial charge in [-0.3, -0.25) is 0 Å². The molecule has 0 fully saturated rings. The molecule has 1 nitrogen and oxygen atoms in total. The smallest absolute Gasteiger partial charge is 0.141 e. The van der Waals surface area contributed by atoms with E-state index in [0.29, 0.717) is 0 Å². The van der Waals surface area contributed by atoms with E-state index in [4.69, 9.17) is 5.26 Å². The van der Waals surface area contributed by atoms with Gasteiger partial charge in [-0.05, 0) is 6.07 Å². The first-order chi connectivity index (χ1) is 5.75. The molecule has 0 amide bonds. The van der Waals surface area contributed by atoms with Gasteiger partial charge in [-0.1, -0.05) is 18.2 Å². The first kappa shape index (κ1) is 8.66. The molecule has 12 heavy (non-hydrogen) atoms. The van der Waals surface area contributed by atoms with Gasteiger partial charge in [0.15, 0.2) is 0 Å². The van der Waals surface area contributed by atoms with Crippen molar-refractivity contribution in [1.82, 2.24) is 0 Å². The summed E-state index contributed by atoms with van der Waals surface area (Å²) in [6.07, 6.45) is -1.82. The van der Waals surface area contributed by atoms with Crippen LogP contribution in [0.4, 0.5) is 8.78 Å². The van der Waals surface area contributed by atoms with Crippen LogP contribution in [0.5, 0.6) is 0 Å². The van der Waals surface area contributed by atoms with Crippen molar-refractivity contribution in [3.05, 3.63) is 35.6 Å². The molecule has 3 heteroatoms. The highest BCUT2D eigenvalue weighted by Gasteiger charge is 2.12. The highest BCUT2D eigenvalue weighted by Crippen LogP contribution is 2.22. The number of nitrogens with zero attached hydrogens (tertiary/aromatic N) is 1. The zero-order valence-electron chi connectivity index (χ0n) is 6.30. The molecule has 1 aromatic carbocycles. The fourth-order valence-electron chi connectivity index (χ4n) is 0.919. The Morgan fingerprint density at radius 1 is 1.42 bits per heavy atom. The van der Waals surface area contributed by atoms with Crippen molar-refractivity contribution < 1.29 is 8.78 Å². The number of nitriles is 1. The Hall–Kier alpha value is -1.43. The Morgan fingerprint density at radius 2 is 2.08 bits per heavy atom. The van der Waals surface area contributed by atoms with Crippen LogP contribution >= 0.6 is 0 Å². The molecule has 1 atom stereocenters. The summed E-state index contributed by atoms with van der Waals surface area (Å²) in [5.74, 6) is -0.597. The maximum absolute atomic E-state index is 12.9. The molecule has 0 aromatic heterocycles. The number of rotatable bonds is 2. The Balaban J connectivity index is 2.88. The van der Waals surface area contributed by atoms with Crippen LogP contribution < -0.4 is 0 Å². The molecule has 1 aromatic rings. The van der Waals surface area contributed by atoms with E-state index >= 15 is 0 Å². The van der Waals surface area contributed by atoms with Crippen LogP contribution in [0.15, 0.2) is 24.3 Å². The zero-order valence-corrected chi connectivity index (χ0v) is 6.30. The molecule has 0 aliphatic rings. The van der Waals surface area contributed by atoms with Gasteiger partial charge in [0.05, 0.1) is 12.5 Å². The first-order valence-corrected chi connectivity index (χ1v) is 3.51. The summed E-state index contributed by atoms with van der Waals surface area (Å²) in [5, 5.41) is 8.18. The largest absolute Gasteiger partial charge is 0.241 e. The van der Waals surface area contributed by atoms with Crippen molar-refractivity contribution in [1.29, 1.82) is 5.26 Å². The number of benzene rings is 1. The third-order valence-electron chi connectivity index (χ3n) is 1.51. The van der Waals surface area contributed by atoms with Crippen LogP contribution in [0.25, 0.3) is 0 Å². The molecule has 0 spiro atoms. The highest BCUT2D eigenvalue weighted by molar-refractivity contribution is 5.20. The predicted molar refractivity (Wildman–Crippen MR) is 40.5 cm³/mol. The number of halogens is 2. The lowest BCUT2D eigenvalue weighted by molar-refractivity contribution is 0.339. The Labute approximate surface area is 69.2 Å². The van der Waals surface area contributed by atoms with Gasteiger partial charge in [-0.2, -0.15) is 5.26 Å². The molecule has 0 heterocycles. The zero-order chi connectivity index (χ0) is 8.97. The standard InChI is InChI=1S/C9H7F2N/c10-8-4-2-1-3-7(8)9(11)5-6-12/h1-4,9H,5H2. The van der Waals surface area contributed by atoms with Gasteiger partial charge in [-0.25, -0.2) is 8.78 Å². The normalized spacial score (nSPS) is 12.1. The van der Waals surface area contributed by atoms with Crippen molar-refractivity contribution in [3.63, 3.8) is 0 Å². The van der Waals surface area contributed by atoms with Crippen LogP contribution in [0.1, 0.15) is 18.2 Å². The third kappa shape index (κ3) is 1.79. The van der Waals surface area contributed by atoms with Crippen LogP contribution in [0.3, 0.4) is 0 Å². The molecule has 0 aliphatic heterocycles. The summed E-state index contributed by atoms with van der Waals surface area (Å²) in [6.45, 7) is 0. The third-order valence-corrected chi connectivity index (χ3v) is 1.51. The SMILES string of the molecule is N#CCC(F)c1ccccc1F. The molecule has 1 unspecified atom stereocenters. The van der Waals surface area contributed by atoms with E-state index < -0.39 is 12.0 Å². The molecule has 1 rings (SSSR count). The van der Waals surface area contributed by atoms with E-state index in [9.17, 15) is 8.78 Å². The molecule has 0 N–H and O–H groups in total. The average Bonchev–Trinajstić information content (AvgIpc) is 2.05. The topological polar surface area (TPSA) is 23.8 Å². The van der Waals surface area contributed by atoms with Crippen molar-refractivity contribution in [2.24, 2.45) is 0 Å². The minimum absolute atomic E-state index is 0.0425. The lowest BCUT2D eigenvalue weighted by Gasteiger charge is -2.03. The quantitative estimate of drug-likeness (QED) is 0.664. The van der Waals surface area contributed by atoms with Crippen molar-refractivity contribution in [2.75, 3.05) is 0 Å². The highest BCUT2D eigenvalue weighted by atomic mass is 19.1. The summed E-state index contributed by atoms with van der Waals surface area (Å²) >= 11 is 0. The van der Waals surface area contributed by atoms with E-state index in [2.05, 4.69) is 0 Å². The monoisotopic (exact) mass is 167 g/mol. The van der Waals surface area contributed by atoms with Crippen molar-refractivity contribution >= 4 is 0 Å². The first-order valence-electron chi connectivity index (χ1n) is 3.51. The molecule has 0 aliphatic carbocycles. The minimum Gasteiger partial charge on any atom is -0.241 e. The van der Waals surface area contributed by atoms with Gasteiger partial charge < -0.3 is 0 Å². The molecule has 0 saturated carbocycles. The second kappa shape index (κ2) is 3.82. The lowest BCUT2D eigenvalue weighted by Crippen LogP contribution is -1.93. The van der Waals surface area contributed by atoms with Gasteiger partial charge in [-0.15, -0.1) is 0 Å². The summed E-state index contributed by atoms with van der Waals surface area (Å²) < 4.78 is 25.7. The Kier molecular flexibility index (Phi) is 2.76. The van der Waals surface area contributed by atoms with Crippen molar-refractivity contribution in [3.8, 4) is 6.07 Å². The number of alkyl halides is 1. The Morgan fingerprint density at radius 3 is 2.67 bits per heavy atom. The van der Waals surface area contributed by atoms with Crippen molar-refractivity contribution in [2.45, 2.75) is 12.6 Å². The summed E-state index contributed by atoms with van der Waals surface area (Å²) in [6, 6.07) is 7.20. The number of hydrogen-bond acceptors (Lipinski definition) is 1. The van der Waals surface area contributed by atoms with E-state index in [1.54, 1.807) is 12.1 Å². The second-order valence-electron chi connectivity index (χ2n) is 2.35. The molecule has 0 bridgehead atoms. The summed E-state index contributed by atoms with van der Waals surface area (Å²) in [4.78, 5) is 0. The van der Waals surface area contributed by atoms with E-state index in [0.717, 1.165) is 0 Å². The van der Waals surface area contributed by atoms with E-state index in [1.807, 2.05) is 0 Å². The second-order valence-corrected chi connectivity index (χ2v) is 2.35. The molecular weight excluding hydrogens is 160 g/mol. The summed E-state index contributed by atoms with van der Waals surface area (Å²) in [5.41, 5.74) is -0.0425. The average molecular weight is 167 g/mol. The summed E-state index contributed by atoms with van der Waals surface area (Å²) in [7, 11) is 0. The molecular formula is C9H7F2N. The van der Waals surface area contributed by atoms with Crippen LogP contribution in [0.2, 0.25) is 0 Å². The van der Waals surface area contributed by atoms with Gasteiger partial charge in [0.1, 0.15) is 12.0 Å². The lowest BCUT2D eigenvalue weighted by atomic mass is 10.1. The van der Waals surface area contributed by atoms with E-state index in [1.165, 1.54) is 18.2 Å². The predicted octanol–water partition coefficient (Wildman–Crippen LogP) is 2.75. The van der Waals surface area contributed by atoms with Gasteiger partial charge in [0, 0.05) is 5.56 Å². The van der Waals surface area contributed by atoms with Gasteiger partial charge >= 0.3 is 0 Å². The number of hydrogen-bond donors (Lipinski definition) is 0. The van der Waals surface area contributed by atoms with Gasteiger partial charge in [0.2, 0.25) is 0 Å². The van der Waals surface area contributed by atoms with Crippen LogP contribution in [-0.2, 0) is 0 Å². The molecule has 0 saturated heterocycles. The minimum atomic E-state index is -1.52. The fourth-order valence-corrected chi connectivity index (χ4v) is 0.919. The maximum Gasteiger partial charge on any atom is 0.141 e. The fraction of sp³-hybridized carbons (Fsp3) is 0.222. The maximum atomic E-state index is 12.9. The molecule has 0 radical (unpaired) electrons. The van der Waals surface area contributed by atoms with Gasteiger partial charge in [0.25, 0.3) is 0 Å².